The van der Waals surface area contributed by atoms with Crippen LogP contribution in [0.3, 0.4) is 0 Å². The molecule has 1 atom stereocenters. The third-order valence-corrected chi connectivity index (χ3v) is 2.61. The Hall–Kier alpha value is -2.11. The van der Waals surface area contributed by atoms with E-state index in [0.717, 1.165) is 6.42 Å². The van der Waals surface area contributed by atoms with E-state index in [1.54, 1.807) is 12.1 Å². The highest BCUT2D eigenvalue weighted by molar-refractivity contribution is 5.79. The van der Waals surface area contributed by atoms with Crippen molar-refractivity contribution in [2.45, 2.75) is 38.6 Å². The van der Waals surface area contributed by atoms with Crippen LogP contribution in [-0.4, -0.2) is 28.0 Å². The van der Waals surface area contributed by atoms with Crippen LogP contribution < -0.4 is 11.1 Å². The van der Waals surface area contributed by atoms with Gasteiger partial charge in [-0.2, -0.15) is 0 Å². The van der Waals surface area contributed by atoms with Gasteiger partial charge in [-0.25, -0.2) is 0 Å². The highest BCUT2D eigenvalue weighted by atomic mass is 16.4. The van der Waals surface area contributed by atoms with Crippen molar-refractivity contribution in [2.24, 2.45) is 0 Å². The molecule has 4 N–H and O–H groups in total. The number of rotatable bonds is 7. The summed E-state index contributed by atoms with van der Waals surface area (Å²) in [5, 5.41) is 11.5. The molecule has 0 aliphatic heterocycles. The van der Waals surface area contributed by atoms with E-state index in [2.05, 4.69) is 10.3 Å². The number of hydrogen-bond donors (Lipinski definition) is 3. The monoisotopic (exact) mass is 265 g/mol. The number of amides is 1. The lowest BCUT2D eigenvalue weighted by Crippen LogP contribution is -2.37. The van der Waals surface area contributed by atoms with Crippen molar-refractivity contribution in [3.8, 4) is 0 Å². The maximum atomic E-state index is 11.8. The van der Waals surface area contributed by atoms with Crippen molar-refractivity contribution in [2.75, 3.05) is 5.73 Å². The van der Waals surface area contributed by atoms with Gasteiger partial charge in [-0.05, 0) is 18.6 Å². The van der Waals surface area contributed by atoms with Crippen LogP contribution in [0, 0.1) is 0 Å². The minimum atomic E-state index is -0.913. The molecule has 1 heterocycles. The second-order valence-electron chi connectivity index (χ2n) is 4.41. The number of pyridine rings is 1. The van der Waals surface area contributed by atoms with Crippen molar-refractivity contribution in [3.05, 3.63) is 24.0 Å². The fourth-order valence-electron chi connectivity index (χ4n) is 1.77. The molecule has 0 radical (unpaired) electrons. The Kier molecular flexibility index (Phi) is 5.78. The molecule has 6 nitrogen and oxygen atoms in total. The highest BCUT2D eigenvalue weighted by Crippen LogP contribution is 2.05. The van der Waals surface area contributed by atoms with Crippen molar-refractivity contribution >= 4 is 17.6 Å². The zero-order valence-corrected chi connectivity index (χ0v) is 10.9. The summed E-state index contributed by atoms with van der Waals surface area (Å²) in [6.07, 6.45) is 3.02. The number of hydrogen-bond acceptors (Lipinski definition) is 4. The summed E-state index contributed by atoms with van der Waals surface area (Å²) < 4.78 is 0. The molecule has 104 valence electrons. The molecule has 0 aliphatic rings. The predicted octanol–water partition coefficient (Wildman–Crippen LogP) is 0.966. The van der Waals surface area contributed by atoms with Gasteiger partial charge in [0.1, 0.15) is 0 Å². The molecule has 1 rings (SSSR count). The summed E-state index contributed by atoms with van der Waals surface area (Å²) in [5.41, 5.74) is 6.65. The van der Waals surface area contributed by atoms with Crippen molar-refractivity contribution in [1.82, 2.24) is 10.3 Å². The minimum Gasteiger partial charge on any atom is -0.481 e. The third kappa shape index (κ3) is 5.85. The fourth-order valence-corrected chi connectivity index (χ4v) is 1.77. The second kappa shape index (κ2) is 7.35. The number of carboxylic acids is 1. The van der Waals surface area contributed by atoms with Gasteiger partial charge in [0.25, 0.3) is 0 Å². The molecule has 0 saturated carbocycles. The number of nitrogens with two attached hydrogens (primary N) is 1. The third-order valence-electron chi connectivity index (χ3n) is 2.61. The molecule has 0 bridgehead atoms. The molecule has 19 heavy (non-hydrogen) atoms. The van der Waals surface area contributed by atoms with Gasteiger partial charge in [0.2, 0.25) is 5.91 Å². The van der Waals surface area contributed by atoms with Gasteiger partial charge in [-0.1, -0.05) is 13.3 Å². The number of carbonyl (C=O) groups excluding carboxylic acids is 1. The largest absolute Gasteiger partial charge is 0.481 e. The van der Waals surface area contributed by atoms with Gasteiger partial charge in [0.05, 0.1) is 24.7 Å². The predicted molar refractivity (Wildman–Crippen MR) is 71.4 cm³/mol. The molecule has 1 aromatic rings. The molecule has 0 saturated heterocycles. The van der Waals surface area contributed by atoms with Crippen LogP contribution in [0.15, 0.2) is 18.3 Å². The van der Waals surface area contributed by atoms with E-state index in [1.165, 1.54) is 6.20 Å². The Labute approximate surface area is 112 Å². The van der Waals surface area contributed by atoms with Gasteiger partial charge < -0.3 is 16.2 Å². The number of carbonyl (C=O) groups is 2. The summed E-state index contributed by atoms with van der Waals surface area (Å²) in [7, 11) is 0. The normalized spacial score (nSPS) is 11.8. The minimum absolute atomic E-state index is 0.0608. The lowest BCUT2D eigenvalue weighted by Gasteiger charge is -2.15. The summed E-state index contributed by atoms with van der Waals surface area (Å²) in [6.45, 7) is 1.95. The second-order valence-corrected chi connectivity index (χ2v) is 4.41. The molecule has 0 spiro atoms. The van der Waals surface area contributed by atoms with Crippen LogP contribution in [0.25, 0.3) is 0 Å². The molecule has 1 amide bonds. The Morgan fingerprint density at radius 3 is 2.74 bits per heavy atom. The van der Waals surface area contributed by atoms with Gasteiger partial charge in [-0.15, -0.1) is 0 Å². The Morgan fingerprint density at radius 1 is 1.47 bits per heavy atom. The first-order chi connectivity index (χ1) is 9.01. The van der Waals surface area contributed by atoms with Crippen LogP contribution in [-0.2, 0) is 16.0 Å². The van der Waals surface area contributed by atoms with E-state index in [4.69, 9.17) is 10.8 Å². The summed E-state index contributed by atoms with van der Waals surface area (Å²) in [4.78, 5) is 26.5. The zero-order chi connectivity index (χ0) is 14.3. The number of nitrogen functional groups attached to an aromatic ring is 1. The fraction of sp³-hybridized carbons (Fsp3) is 0.462. The van der Waals surface area contributed by atoms with Crippen molar-refractivity contribution in [1.29, 1.82) is 0 Å². The lowest BCUT2D eigenvalue weighted by atomic mass is 10.1. The zero-order valence-electron chi connectivity index (χ0n) is 10.9. The first kappa shape index (κ1) is 14.9. The molecule has 0 fully saturated rings. The van der Waals surface area contributed by atoms with E-state index in [-0.39, 0.29) is 24.8 Å². The number of aliphatic carboxylic acids is 1. The van der Waals surface area contributed by atoms with E-state index in [0.29, 0.717) is 17.8 Å². The SMILES string of the molecule is CCCC(CC(=O)O)NC(=O)Cc1ccc(N)cn1. The molecule has 1 unspecified atom stereocenters. The maximum Gasteiger partial charge on any atom is 0.305 e. The molecular formula is C13H19N3O3. The number of aromatic nitrogens is 1. The Bertz CT molecular complexity index is 431. The lowest BCUT2D eigenvalue weighted by molar-refractivity contribution is -0.137. The van der Waals surface area contributed by atoms with Gasteiger partial charge in [-0.3, -0.25) is 14.6 Å². The van der Waals surface area contributed by atoms with Gasteiger partial charge in [0, 0.05) is 11.7 Å². The van der Waals surface area contributed by atoms with Crippen LogP contribution in [0.2, 0.25) is 0 Å². The molecule has 0 aliphatic carbocycles. The number of nitrogens with zero attached hydrogens (tertiary/aromatic N) is 1. The van der Waals surface area contributed by atoms with Crippen LogP contribution in [0.5, 0.6) is 0 Å². The highest BCUT2D eigenvalue weighted by Gasteiger charge is 2.15. The summed E-state index contributed by atoms with van der Waals surface area (Å²) >= 11 is 0. The number of nitrogens with one attached hydrogen (secondary N) is 1. The molecule has 1 aromatic heterocycles. The van der Waals surface area contributed by atoms with Crippen molar-refractivity contribution < 1.29 is 14.7 Å². The molecule has 6 heteroatoms. The van der Waals surface area contributed by atoms with Gasteiger partial charge in [0.15, 0.2) is 0 Å². The average molecular weight is 265 g/mol. The smallest absolute Gasteiger partial charge is 0.305 e. The first-order valence-corrected chi connectivity index (χ1v) is 6.22. The van der Waals surface area contributed by atoms with E-state index in [9.17, 15) is 9.59 Å². The molecular weight excluding hydrogens is 246 g/mol. The summed E-state index contributed by atoms with van der Waals surface area (Å²) in [6, 6.07) is 3.03. The standard InChI is InChI=1S/C13H19N3O3/c1-2-3-11(7-13(18)19)16-12(17)6-10-5-4-9(14)8-15-10/h4-5,8,11H,2-3,6-7,14H2,1H3,(H,16,17)(H,18,19). The van der Waals surface area contributed by atoms with Crippen LogP contribution in [0.4, 0.5) is 5.69 Å². The molecule has 0 aromatic carbocycles. The van der Waals surface area contributed by atoms with Crippen molar-refractivity contribution in [3.63, 3.8) is 0 Å². The van der Waals surface area contributed by atoms with Gasteiger partial charge >= 0.3 is 5.97 Å². The Morgan fingerprint density at radius 2 is 2.21 bits per heavy atom. The summed E-state index contributed by atoms with van der Waals surface area (Å²) in [5.74, 6) is -1.14. The Balaban J connectivity index is 2.52. The van der Waals surface area contributed by atoms with E-state index >= 15 is 0 Å². The number of anilines is 1. The van der Waals surface area contributed by atoms with E-state index in [1.807, 2.05) is 6.92 Å². The first-order valence-electron chi connectivity index (χ1n) is 6.22. The quantitative estimate of drug-likeness (QED) is 0.681. The van der Waals surface area contributed by atoms with Crippen LogP contribution in [0.1, 0.15) is 31.9 Å². The average Bonchev–Trinajstić information content (AvgIpc) is 2.31. The van der Waals surface area contributed by atoms with Crippen LogP contribution >= 0.6 is 0 Å². The topological polar surface area (TPSA) is 105 Å². The maximum absolute atomic E-state index is 11.8. The van der Waals surface area contributed by atoms with E-state index < -0.39 is 5.97 Å². The number of carboxylic acid groups (broad SMARTS) is 1.